The van der Waals surface area contributed by atoms with Crippen molar-refractivity contribution >= 4 is 0 Å². The van der Waals surface area contributed by atoms with Gasteiger partial charge in [0.05, 0.1) is 13.2 Å². The van der Waals surface area contributed by atoms with Gasteiger partial charge in [-0.05, 0) is 0 Å². The first-order chi connectivity index (χ1) is 4.31. The van der Waals surface area contributed by atoms with Crippen LogP contribution in [0.2, 0.25) is 0 Å². The molecule has 1 unspecified atom stereocenters. The first-order valence-electron chi connectivity index (χ1n) is 2.67. The summed E-state index contributed by atoms with van der Waals surface area (Å²) < 4.78 is 9.22. The quantitative estimate of drug-likeness (QED) is 0.374. The van der Waals surface area contributed by atoms with Gasteiger partial charge in [0.2, 0.25) is 0 Å². The van der Waals surface area contributed by atoms with Crippen molar-refractivity contribution in [2.24, 2.45) is 0 Å². The van der Waals surface area contributed by atoms with Gasteiger partial charge in [0.25, 0.3) is 0 Å². The molecule has 0 fully saturated rings. The lowest BCUT2D eigenvalue weighted by Crippen LogP contribution is -2.19. The molecule has 0 aromatic carbocycles. The Morgan fingerprint density at radius 1 is 1.56 bits per heavy atom. The molecule has 0 aliphatic heterocycles. The summed E-state index contributed by atoms with van der Waals surface area (Å²) in [5.74, 6) is 0. The van der Waals surface area contributed by atoms with Crippen LogP contribution < -0.4 is 0 Å². The van der Waals surface area contributed by atoms with E-state index in [0.717, 1.165) is 0 Å². The first-order valence-corrected chi connectivity index (χ1v) is 2.67. The summed E-state index contributed by atoms with van der Waals surface area (Å²) in [7, 11) is 1.49. The molecule has 0 aromatic heterocycles. The zero-order chi connectivity index (χ0) is 7.11. The van der Waals surface area contributed by atoms with E-state index in [1.807, 2.05) is 0 Å². The van der Waals surface area contributed by atoms with Gasteiger partial charge in [0.15, 0.2) is 0 Å². The topological polar surface area (TPSA) is 58.9 Å². The third-order valence-electron chi connectivity index (χ3n) is 0.722. The third kappa shape index (κ3) is 5.72. The molecule has 0 saturated heterocycles. The third-order valence-corrected chi connectivity index (χ3v) is 0.722. The molecule has 0 aromatic rings. The Morgan fingerprint density at radius 2 is 2.22 bits per heavy atom. The van der Waals surface area contributed by atoms with Gasteiger partial charge in [0, 0.05) is 7.11 Å². The Labute approximate surface area is 54.0 Å². The highest BCUT2D eigenvalue weighted by atomic mass is 16.7. The van der Waals surface area contributed by atoms with E-state index in [1.54, 1.807) is 0 Å². The predicted molar refractivity (Wildman–Crippen MR) is 30.9 cm³/mol. The van der Waals surface area contributed by atoms with Crippen molar-refractivity contribution in [2.45, 2.75) is 6.10 Å². The van der Waals surface area contributed by atoms with Crippen molar-refractivity contribution in [1.29, 1.82) is 0 Å². The van der Waals surface area contributed by atoms with Crippen LogP contribution in [0.1, 0.15) is 0 Å². The molecule has 0 bridgehead atoms. The van der Waals surface area contributed by atoms with Crippen molar-refractivity contribution < 1.29 is 19.7 Å². The monoisotopic (exact) mass is 136 g/mol. The second-order valence-electron chi connectivity index (χ2n) is 1.61. The molecule has 0 saturated carbocycles. The maximum absolute atomic E-state index is 8.65. The van der Waals surface area contributed by atoms with Crippen LogP contribution >= 0.6 is 0 Å². The van der Waals surface area contributed by atoms with Crippen LogP contribution in [0, 0.1) is 0 Å². The van der Waals surface area contributed by atoms with Gasteiger partial charge >= 0.3 is 0 Å². The highest BCUT2D eigenvalue weighted by Gasteiger charge is 1.99. The normalized spacial score (nSPS) is 13.7. The molecule has 0 radical (unpaired) electrons. The Kier molecular flexibility index (Phi) is 5.86. The summed E-state index contributed by atoms with van der Waals surface area (Å²) >= 11 is 0. The standard InChI is InChI=1S/C5H12O4/c1-8-4-9-3-5(7)2-6/h5-7H,2-4H2,1H3. The molecule has 0 amide bonds. The summed E-state index contributed by atoms with van der Waals surface area (Å²) in [5, 5.41) is 16.9. The van der Waals surface area contributed by atoms with E-state index in [2.05, 4.69) is 4.74 Å². The molecule has 0 heterocycles. The van der Waals surface area contributed by atoms with Crippen LogP contribution in [0.25, 0.3) is 0 Å². The maximum atomic E-state index is 8.65. The van der Waals surface area contributed by atoms with Crippen LogP contribution in [-0.2, 0) is 9.47 Å². The Hall–Kier alpha value is -0.160. The lowest BCUT2D eigenvalue weighted by atomic mass is 10.4. The molecule has 0 aliphatic rings. The van der Waals surface area contributed by atoms with Crippen LogP contribution in [-0.4, -0.2) is 43.4 Å². The second-order valence-corrected chi connectivity index (χ2v) is 1.61. The van der Waals surface area contributed by atoms with Crippen molar-refractivity contribution in [3.05, 3.63) is 0 Å². The number of rotatable bonds is 5. The summed E-state index contributed by atoms with van der Waals surface area (Å²) in [4.78, 5) is 0. The van der Waals surface area contributed by atoms with Crippen LogP contribution in [0.3, 0.4) is 0 Å². The number of hydrogen-bond donors (Lipinski definition) is 2. The second kappa shape index (κ2) is 5.97. The maximum Gasteiger partial charge on any atom is 0.146 e. The van der Waals surface area contributed by atoms with E-state index in [9.17, 15) is 0 Å². The first kappa shape index (κ1) is 8.84. The van der Waals surface area contributed by atoms with E-state index in [1.165, 1.54) is 7.11 Å². The van der Waals surface area contributed by atoms with Crippen molar-refractivity contribution in [3.8, 4) is 0 Å². The number of ether oxygens (including phenoxy) is 2. The molecule has 0 aliphatic carbocycles. The van der Waals surface area contributed by atoms with Crippen LogP contribution in [0.4, 0.5) is 0 Å². The Morgan fingerprint density at radius 3 is 2.67 bits per heavy atom. The van der Waals surface area contributed by atoms with E-state index >= 15 is 0 Å². The van der Waals surface area contributed by atoms with Gasteiger partial charge in [-0.2, -0.15) is 0 Å². The summed E-state index contributed by atoms with van der Waals surface area (Å²) in [6, 6.07) is 0. The van der Waals surface area contributed by atoms with Crippen molar-refractivity contribution in [2.75, 3.05) is 27.1 Å². The molecule has 0 spiro atoms. The van der Waals surface area contributed by atoms with Crippen LogP contribution in [0.15, 0.2) is 0 Å². The van der Waals surface area contributed by atoms with Gasteiger partial charge in [0.1, 0.15) is 12.9 Å². The minimum Gasteiger partial charge on any atom is -0.394 e. The molecule has 2 N–H and O–H groups in total. The number of hydrogen-bond acceptors (Lipinski definition) is 4. The van der Waals surface area contributed by atoms with Gasteiger partial charge in [-0.1, -0.05) is 0 Å². The summed E-state index contributed by atoms with van der Waals surface area (Å²) in [5.41, 5.74) is 0. The Bertz CT molecular complexity index is 56.9. The van der Waals surface area contributed by atoms with Gasteiger partial charge in [-0.3, -0.25) is 0 Å². The minimum atomic E-state index is -0.792. The molecule has 1 atom stereocenters. The fourth-order valence-corrected chi connectivity index (χ4v) is 0.320. The average Bonchev–Trinajstić information content (AvgIpc) is 1.89. The van der Waals surface area contributed by atoms with Crippen molar-refractivity contribution in [3.63, 3.8) is 0 Å². The van der Waals surface area contributed by atoms with E-state index in [0.29, 0.717) is 0 Å². The van der Waals surface area contributed by atoms with Crippen LogP contribution in [0.5, 0.6) is 0 Å². The molecule has 9 heavy (non-hydrogen) atoms. The highest BCUT2D eigenvalue weighted by molar-refractivity contribution is 4.46. The predicted octanol–water partition coefficient (Wildman–Crippen LogP) is -1.04. The average molecular weight is 136 g/mol. The molecule has 0 rings (SSSR count). The van der Waals surface area contributed by atoms with E-state index < -0.39 is 6.10 Å². The number of aliphatic hydroxyl groups excluding tert-OH is 2. The lowest BCUT2D eigenvalue weighted by molar-refractivity contribution is -0.0705. The Balaban J connectivity index is 2.88. The fraction of sp³-hybridized carbons (Fsp3) is 1.00. The summed E-state index contributed by atoms with van der Waals surface area (Å²) in [6.45, 7) is -0.00882. The molecule has 4 heteroatoms. The van der Waals surface area contributed by atoms with E-state index in [-0.39, 0.29) is 20.0 Å². The zero-order valence-electron chi connectivity index (χ0n) is 5.41. The summed E-state index contributed by atoms with van der Waals surface area (Å²) in [6.07, 6.45) is -0.792. The van der Waals surface area contributed by atoms with Gasteiger partial charge < -0.3 is 19.7 Å². The van der Waals surface area contributed by atoms with Crippen molar-refractivity contribution in [1.82, 2.24) is 0 Å². The molecular weight excluding hydrogens is 124 g/mol. The van der Waals surface area contributed by atoms with Gasteiger partial charge in [-0.25, -0.2) is 0 Å². The lowest BCUT2D eigenvalue weighted by Gasteiger charge is -2.05. The fourth-order valence-electron chi connectivity index (χ4n) is 0.320. The van der Waals surface area contributed by atoms with Gasteiger partial charge in [-0.15, -0.1) is 0 Å². The number of aliphatic hydroxyl groups is 2. The number of methoxy groups -OCH3 is 1. The van der Waals surface area contributed by atoms with E-state index in [4.69, 9.17) is 14.9 Å². The molecule has 56 valence electrons. The SMILES string of the molecule is COCOCC(O)CO. The smallest absolute Gasteiger partial charge is 0.146 e. The minimum absolute atomic E-state index is 0.115. The molecular formula is C5H12O4. The molecule has 4 nitrogen and oxygen atoms in total. The highest BCUT2D eigenvalue weighted by Crippen LogP contribution is 1.82. The largest absolute Gasteiger partial charge is 0.394 e. The zero-order valence-corrected chi connectivity index (χ0v) is 5.41.